The molecule has 0 atom stereocenters. The summed E-state index contributed by atoms with van der Waals surface area (Å²) in [5.74, 6) is -0.106. The van der Waals surface area contributed by atoms with E-state index in [0.717, 1.165) is 11.1 Å². The summed E-state index contributed by atoms with van der Waals surface area (Å²) in [7, 11) is 0. The lowest BCUT2D eigenvalue weighted by Crippen LogP contribution is -2.22. The number of carbonyl (C=O) groups excluding carboxylic acids is 1. The van der Waals surface area contributed by atoms with Crippen molar-refractivity contribution in [3.63, 3.8) is 0 Å². The summed E-state index contributed by atoms with van der Waals surface area (Å²) in [6, 6.07) is 14.7. The van der Waals surface area contributed by atoms with Gasteiger partial charge < -0.3 is 16.8 Å². The highest BCUT2D eigenvalue weighted by molar-refractivity contribution is 5.94. The van der Waals surface area contributed by atoms with Crippen LogP contribution >= 0.6 is 0 Å². The Kier molecular flexibility index (Phi) is 4.15. The zero-order valence-electron chi connectivity index (χ0n) is 10.6. The summed E-state index contributed by atoms with van der Waals surface area (Å²) in [6.45, 7) is 0.938. The Morgan fingerprint density at radius 2 is 1.79 bits per heavy atom. The summed E-state index contributed by atoms with van der Waals surface area (Å²) >= 11 is 0. The van der Waals surface area contributed by atoms with Crippen LogP contribution in [-0.2, 0) is 13.1 Å². The number of nitrogens with one attached hydrogen (secondary N) is 1. The van der Waals surface area contributed by atoms with Crippen LogP contribution in [0, 0.1) is 0 Å². The van der Waals surface area contributed by atoms with E-state index in [-0.39, 0.29) is 5.91 Å². The van der Waals surface area contributed by atoms with Crippen LogP contribution in [0.5, 0.6) is 0 Å². The Morgan fingerprint density at radius 3 is 2.42 bits per heavy atom. The second kappa shape index (κ2) is 6.02. The molecule has 19 heavy (non-hydrogen) atoms. The van der Waals surface area contributed by atoms with Crippen LogP contribution in [0.3, 0.4) is 0 Å². The van der Waals surface area contributed by atoms with Gasteiger partial charge in [0.2, 0.25) is 0 Å². The summed E-state index contributed by atoms with van der Waals surface area (Å²) in [5.41, 5.74) is 14.5. The molecule has 0 radical (unpaired) electrons. The number of anilines is 1. The van der Waals surface area contributed by atoms with Gasteiger partial charge in [-0.3, -0.25) is 4.79 Å². The molecule has 1 amide bonds. The molecule has 4 heteroatoms. The van der Waals surface area contributed by atoms with Crippen molar-refractivity contribution in [2.45, 2.75) is 13.1 Å². The minimum atomic E-state index is -0.106. The molecule has 2 rings (SSSR count). The van der Waals surface area contributed by atoms with Crippen molar-refractivity contribution in [2.75, 3.05) is 5.73 Å². The highest BCUT2D eigenvalue weighted by atomic mass is 16.1. The molecular formula is C15H17N3O. The summed E-state index contributed by atoms with van der Waals surface area (Å²) in [4.78, 5) is 11.9. The zero-order valence-corrected chi connectivity index (χ0v) is 10.6. The zero-order chi connectivity index (χ0) is 13.7. The molecule has 0 aromatic heterocycles. The molecule has 5 N–H and O–H groups in total. The number of rotatable bonds is 4. The summed E-state index contributed by atoms with van der Waals surface area (Å²) < 4.78 is 0. The fourth-order valence-electron chi connectivity index (χ4n) is 1.78. The third-order valence-corrected chi connectivity index (χ3v) is 2.86. The average molecular weight is 255 g/mol. The first-order valence-corrected chi connectivity index (χ1v) is 6.10. The predicted molar refractivity (Wildman–Crippen MR) is 76.4 cm³/mol. The molecule has 0 unspecified atom stereocenters. The SMILES string of the molecule is NCc1ccc(C(=O)NCc2cccc(N)c2)cc1. The molecule has 0 saturated heterocycles. The van der Waals surface area contributed by atoms with E-state index in [4.69, 9.17) is 11.5 Å². The predicted octanol–water partition coefficient (Wildman–Crippen LogP) is 1.66. The van der Waals surface area contributed by atoms with Crippen molar-refractivity contribution >= 4 is 11.6 Å². The monoisotopic (exact) mass is 255 g/mol. The molecule has 2 aromatic carbocycles. The molecular weight excluding hydrogens is 238 g/mol. The fraction of sp³-hybridized carbons (Fsp3) is 0.133. The number of benzene rings is 2. The smallest absolute Gasteiger partial charge is 0.251 e. The first-order chi connectivity index (χ1) is 9.19. The molecule has 0 aliphatic carbocycles. The molecule has 0 bridgehead atoms. The Bertz CT molecular complexity index is 564. The summed E-state index contributed by atoms with van der Waals surface area (Å²) in [6.07, 6.45) is 0. The number of nitrogen functional groups attached to an aromatic ring is 1. The molecule has 0 heterocycles. The van der Waals surface area contributed by atoms with Crippen molar-refractivity contribution in [2.24, 2.45) is 5.73 Å². The molecule has 0 saturated carbocycles. The van der Waals surface area contributed by atoms with Gasteiger partial charge in [0.25, 0.3) is 5.91 Å². The van der Waals surface area contributed by atoms with Crippen LogP contribution in [0.2, 0.25) is 0 Å². The van der Waals surface area contributed by atoms with Crippen LogP contribution in [0.15, 0.2) is 48.5 Å². The first-order valence-electron chi connectivity index (χ1n) is 6.10. The lowest BCUT2D eigenvalue weighted by atomic mass is 10.1. The number of hydrogen-bond donors (Lipinski definition) is 3. The standard InChI is InChI=1S/C15H17N3O/c16-9-11-4-6-13(7-5-11)15(19)18-10-12-2-1-3-14(17)8-12/h1-8H,9-10,16-17H2,(H,18,19). The number of nitrogens with two attached hydrogens (primary N) is 2. The first kappa shape index (κ1) is 13.1. The van der Waals surface area contributed by atoms with Gasteiger partial charge >= 0.3 is 0 Å². The molecule has 0 fully saturated rings. The normalized spacial score (nSPS) is 10.2. The van der Waals surface area contributed by atoms with Crippen molar-refractivity contribution in [3.8, 4) is 0 Å². The second-order valence-electron chi connectivity index (χ2n) is 4.33. The van der Waals surface area contributed by atoms with Gasteiger partial charge in [-0.15, -0.1) is 0 Å². The van der Waals surface area contributed by atoms with Crippen LogP contribution < -0.4 is 16.8 Å². The van der Waals surface area contributed by atoms with Gasteiger partial charge in [-0.1, -0.05) is 24.3 Å². The van der Waals surface area contributed by atoms with E-state index in [2.05, 4.69) is 5.32 Å². The molecule has 0 spiro atoms. The van der Waals surface area contributed by atoms with Gasteiger partial charge in [-0.05, 0) is 35.4 Å². The number of hydrogen-bond acceptors (Lipinski definition) is 3. The minimum Gasteiger partial charge on any atom is -0.399 e. The lowest BCUT2D eigenvalue weighted by Gasteiger charge is -2.06. The third kappa shape index (κ3) is 3.56. The highest BCUT2D eigenvalue weighted by Gasteiger charge is 2.04. The molecule has 4 nitrogen and oxygen atoms in total. The minimum absolute atomic E-state index is 0.106. The van der Waals surface area contributed by atoms with E-state index < -0.39 is 0 Å². The fourth-order valence-corrected chi connectivity index (χ4v) is 1.78. The largest absolute Gasteiger partial charge is 0.399 e. The van der Waals surface area contributed by atoms with E-state index in [1.54, 1.807) is 12.1 Å². The van der Waals surface area contributed by atoms with Gasteiger partial charge in [0.15, 0.2) is 0 Å². The maximum atomic E-state index is 11.9. The van der Waals surface area contributed by atoms with Crippen LogP contribution in [-0.4, -0.2) is 5.91 Å². The lowest BCUT2D eigenvalue weighted by molar-refractivity contribution is 0.0951. The average Bonchev–Trinajstić information content (AvgIpc) is 2.45. The van der Waals surface area contributed by atoms with Crippen LogP contribution in [0.25, 0.3) is 0 Å². The Hall–Kier alpha value is -2.33. The molecule has 0 aliphatic rings. The van der Waals surface area contributed by atoms with E-state index in [0.29, 0.717) is 24.3 Å². The van der Waals surface area contributed by atoms with Crippen molar-refractivity contribution in [3.05, 3.63) is 65.2 Å². The number of amides is 1. The molecule has 2 aromatic rings. The van der Waals surface area contributed by atoms with Crippen molar-refractivity contribution in [1.82, 2.24) is 5.32 Å². The van der Waals surface area contributed by atoms with Crippen LogP contribution in [0.1, 0.15) is 21.5 Å². The Morgan fingerprint density at radius 1 is 1.05 bits per heavy atom. The third-order valence-electron chi connectivity index (χ3n) is 2.86. The highest BCUT2D eigenvalue weighted by Crippen LogP contribution is 2.07. The quantitative estimate of drug-likeness (QED) is 0.727. The topological polar surface area (TPSA) is 81.1 Å². The summed E-state index contributed by atoms with van der Waals surface area (Å²) in [5, 5.41) is 2.85. The van der Waals surface area contributed by atoms with E-state index >= 15 is 0 Å². The second-order valence-corrected chi connectivity index (χ2v) is 4.33. The van der Waals surface area contributed by atoms with E-state index in [1.165, 1.54) is 0 Å². The number of carbonyl (C=O) groups is 1. The Balaban J connectivity index is 1.97. The van der Waals surface area contributed by atoms with Crippen LogP contribution in [0.4, 0.5) is 5.69 Å². The Labute approximate surface area is 112 Å². The van der Waals surface area contributed by atoms with Gasteiger partial charge in [-0.25, -0.2) is 0 Å². The van der Waals surface area contributed by atoms with Crippen molar-refractivity contribution < 1.29 is 4.79 Å². The van der Waals surface area contributed by atoms with E-state index in [1.807, 2.05) is 36.4 Å². The van der Waals surface area contributed by atoms with E-state index in [9.17, 15) is 4.79 Å². The van der Waals surface area contributed by atoms with Gasteiger partial charge in [0.05, 0.1) is 0 Å². The van der Waals surface area contributed by atoms with Gasteiger partial charge in [0, 0.05) is 24.3 Å². The van der Waals surface area contributed by atoms with Gasteiger partial charge in [0.1, 0.15) is 0 Å². The maximum Gasteiger partial charge on any atom is 0.251 e. The van der Waals surface area contributed by atoms with Crippen molar-refractivity contribution in [1.29, 1.82) is 0 Å². The molecule has 98 valence electrons. The maximum absolute atomic E-state index is 11.9. The van der Waals surface area contributed by atoms with Gasteiger partial charge in [-0.2, -0.15) is 0 Å². The molecule has 0 aliphatic heterocycles.